The number of aromatic nitrogens is 2. The van der Waals surface area contributed by atoms with Crippen LogP contribution in [0.3, 0.4) is 0 Å². The molecule has 0 aliphatic carbocycles. The summed E-state index contributed by atoms with van der Waals surface area (Å²) in [4.78, 5) is 0. The van der Waals surface area contributed by atoms with Gasteiger partial charge >= 0.3 is 0 Å². The summed E-state index contributed by atoms with van der Waals surface area (Å²) in [5.74, 6) is 0.571. The lowest BCUT2D eigenvalue weighted by molar-refractivity contribution is 0.624. The van der Waals surface area contributed by atoms with Gasteiger partial charge in [-0.15, -0.1) is 0 Å². The van der Waals surface area contributed by atoms with Crippen LogP contribution in [0.15, 0.2) is 30.5 Å². The molecule has 0 aliphatic heterocycles. The van der Waals surface area contributed by atoms with Gasteiger partial charge in [-0.2, -0.15) is 5.10 Å². The number of aryl methyl sites for hydroxylation is 1. The molecule has 0 radical (unpaired) electrons. The SMILES string of the molecule is CCNC(c1ccc(C(C)C)cc1)c1cnn(C)c1C. The number of benzene rings is 1. The van der Waals surface area contributed by atoms with Gasteiger partial charge < -0.3 is 5.32 Å². The Hall–Kier alpha value is -1.61. The molecule has 0 amide bonds. The number of hydrogen-bond acceptors (Lipinski definition) is 2. The summed E-state index contributed by atoms with van der Waals surface area (Å²) < 4.78 is 1.93. The molecule has 0 spiro atoms. The highest BCUT2D eigenvalue weighted by molar-refractivity contribution is 5.35. The van der Waals surface area contributed by atoms with Crippen molar-refractivity contribution in [3.05, 3.63) is 52.8 Å². The van der Waals surface area contributed by atoms with E-state index in [1.54, 1.807) is 0 Å². The Balaban J connectivity index is 2.35. The first-order chi connectivity index (χ1) is 9.54. The molecule has 0 bridgehead atoms. The topological polar surface area (TPSA) is 29.9 Å². The van der Waals surface area contributed by atoms with Crippen molar-refractivity contribution in [3.8, 4) is 0 Å². The van der Waals surface area contributed by atoms with Crippen LogP contribution in [-0.2, 0) is 7.05 Å². The molecule has 1 atom stereocenters. The molecule has 1 unspecified atom stereocenters. The average molecular weight is 271 g/mol. The van der Waals surface area contributed by atoms with E-state index in [0.29, 0.717) is 5.92 Å². The van der Waals surface area contributed by atoms with Gasteiger partial charge in [-0.3, -0.25) is 4.68 Å². The lowest BCUT2D eigenvalue weighted by Crippen LogP contribution is -2.22. The molecule has 1 heterocycles. The van der Waals surface area contributed by atoms with Gasteiger partial charge in [0.15, 0.2) is 0 Å². The molecule has 1 N–H and O–H groups in total. The van der Waals surface area contributed by atoms with Crippen molar-refractivity contribution >= 4 is 0 Å². The van der Waals surface area contributed by atoms with Crippen molar-refractivity contribution in [2.45, 2.75) is 39.7 Å². The quantitative estimate of drug-likeness (QED) is 0.901. The molecule has 0 saturated carbocycles. The molecule has 2 rings (SSSR count). The molecule has 0 saturated heterocycles. The molecule has 2 aromatic rings. The molecule has 3 nitrogen and oxygen atoms in total. The summed E-state index contributed by atoms with van der Waals surface area (Å²) in [5, 5.41) is 7.93. The van der Waals surface area contributed by atoms with Crippen LogP contribution in [-0.4, -0.2) is 16.3 Å². The molecule has 0 fully saturated rings. The predicted molar refractivity (Wildman–Crippen MR) is 84.0 cm³/mol. The van der Waals surface area contributed by atoms with Crippen LogP contribution in [0.2, 0.25) is 0 Å². The number of nitrogens with zero attached hydrogens (tertiary/aromatic N) is 2. The second-order valence-electron chi connectivity index (χ2n) is 5.62. The van der Waals surface area contributed by atoms with Gasteiger partial charge in [0.2, 0.25) is 0 Å². The highest BCUT2D eigenvalue weighted by Crippen LogP contribution is 2.26. The third kappa shape index (κ3) is 2.93. The summed E-state index contributed by atoms with van der Waals surface area (Å²) in [7, 11) is 1.99. The first-order valence-electron chi connectivity index (χ1n) is 7.36. The first kappa shape index (κ1) is 14.8. The molecule has 3 heteroatoms. The number of rotatable bonds is 5. The van der Waals surface area contributed by atoms with Crippen molar-refractivity contribution in [1.82, 2.24) is 15.1 Å². The maximum absolute atomic E-state index is 4.37. The molecule has 20 heavy (non-hydrogen) atoms. The van der Waals surface area contributed by atoms with Gasteiger partial charge in [0.1, 0.15) is 0 Å². The van der Waals surface area contributed by atoms with Gasteiger partial charge in [-0.1, -0.05) is 45.0 Å². The lowest BCUT2D eigenvalue weighted by Gasteiger charge is -2.19. The smallest absolute Gasteiger partial charge is 0.0610 e. The Morgan fingerprint density at radius 3 is 2.20 bits per heavy atom. The van der Waals surface area contributed by atoms with Gasteiger partial charge in [-0.05, 0) is 30.5 Å². The van der Waals surface area contributed by atoms with Crippen molar-refractivity contribution in [2.75, 3.05) is 6.54 Å². The minimum Gasteiger partial charge on any atom is -0.306 e. The Bertz CT molecular complexity index is 552. The van der Waals surface area contributed by atoms with Gasteiger partial charge in [0.25, 0.3) is 0 Å². The maximum atomic E-state index is 4.37. The highest BCUT2D eigenvalue weighted by Gasteiger charge is 2.17. The van der Waals surface area contributed by atoms with E-state index in [0.717, 1.165) is 6.54 Å². The van der Waals surface area contributed by atoms with Crippen LogP contribution in [0.5, 0.6) is 0 Å². The zero-order valence-corrected chi connectivity index (χ0v) is 13.1. The summed E-state index contributed by atoms with van der Waals surface area (Å²) in [6.07, 6.45) is 1.97. The van der Waals surface area contributed by atoms with Crippen LogP contribution in [0, 0.1) is 6.92 Å². The van der Waals surface area contributed by atoms with Gasteiger partial charge in [-0.25, -0.2) is 0 Å². The van der Waals surface area contributed by atoms with Crippen LogP contribution < -0.4 is 5.32 Å². The standard InChI is InChI=1S/C17H25N3/c1-6-18-17(16-11-19-20(5)13(16)4)15-9-7-14(8-10-15)12(2)3/h7-12,17-18H,6H2,1-5H3. The summed E-state index contributed by atoms with van der Waals surface area (Å²) in [6.45, 7) is 9.64. The van der Waals surface area contributed by atoms with E-state index < -0.39 is 0 Å². The zero-order valence-electron chi connectivity index (χ0n) is 13.1. The van der Waals surface area contributed by atoms with Crippen molar-refractivity contribution in [1.29, 1.82) is 0 Å². The molecular weight excluding hydrogens is 246 g/mol. The summed E-state index contributed by atoms with van der Waals surface area (Å²) in [5.41, 5.74) is 5.15. The van der Waals surface area contributed by atoms with Crippen molar-refractivity contribution in [2.24, 2.45) is 7.05 Å². The van der Waals surface area contributed by atoms with E-state index >= 15 is 0 Å². The first-order valence-corrected chi connectivity index (χ1v) is 7.36. The number of nitrogens with one attached hydrogen (secondary N) is 1. The zero-order chi connectivity index (χ0) is 14.7. The van der Waals surface area contributed by atoms with E-state index in [-0.39, 0.29) is 6.04 Å². The van der Waals surface area contributed by atoms with Gasteiger partial charge in [0.05, 0.1) is 12.2 Å². The fraction of sp³-hybridized carbons (Fsp3) is 0.471. The Morgan fingerprint density at radius 1 is 1.15 bits per heavy atom. The van der Waals surface area contributed by atoms with E-state index in [4.69, 9.17) is 0 Å². The minimum atomic E-state index is 0.218. The largest absolute Gasteiger partial charge is 0.306 e. The summed E-state index contributed by atoms with van der Waals surface area (Å²) in [6, 6.07) is 9.14. The minimum absolute atomic E-state index is 0.218. The van der Waals surface area contributed by atoms with E-state index in [1.807, 2.05) is 17.9 Å². The summed E-state index contributed by atoms with van der Waals surface area (Å²) >= 11 is 0. The molecule has 1 aromatic heterocycles. The fourth-order valence-electron chi connectivity index (χ4n) is 2.48. The third-order valence-electron chi connectivity index (χ3n) is 3.93. The Morgan fingerprint density at radius 2 is 1.75 bits per heavy atom. The predicted octanol–water partition coefficient (Wildman–Crippen LogP) is 3.55. The second kappa shape index (κ2) is 6.23. The average Bonchev–Trinajstić information content (AvgIpc) is 2.77. The molecular formula is C17H25N3. The van der Waals surface area contributed by atoms with E-state index in [1.165, 1.54) is 22.4 Å². The number of hydrogen-bond donors (Lipinski definition) is 1. The third-order valence-corrected chi connectivity index (χ3v) is 3.93. The maximum Gasteiger partial charge on any atom is 0.0610 e. The van der Waals surface area contributed by atoms with Crippen LogP contribution in [0.4, 0.5) is 0 Å². The molecule has 1 aromatic carbocycles. The highest BCUT2D eigenvalue weighted by atomic mass is 15.3. The molecule has 108 valence electrons. The van der Waals surface area contributed by atoms with Gasteiger partial charge in [0, 0.05) is 18.3 Å². The lowest BCUT2D eigenvalue weighted by atomic mass is 9.95. The van der Waals surface area contributed by atoms with E-state index in [2.05, 4.69) is 62.4 Å². The fourth-order valence-corrected chi connectivity index (χ4v) is 2.48. The van der Waals surface area contributed by atoms with Crippen LogP contribution in [0.1, 0.15) is 55.1 Å². The van der Waals surface area contributed by atoms with Crippen molar-refractivity contribution in [3.63, 3.8) is 0 Å². The van der Waals surface area contributed by atoms with E-state index in [9.17, 15) is 0 Å². The Labute approximate surface area is 122 Å². The monoisotopic (exact) mass is 271 g/mol. The second-order valence-corrected chi connectivity index (χ2v) is 5.62. The Kier molecular flexibility index (Phi) is 4.61. The van der Waals surface area contributed by atoms with Crippen LogP contribution in [0.25, 0.3) is 0 Å². The van der Waals surface area contributed by atoms with Crippen LogP contribution >= 0.6 is 0 Å². The molecule has 0 aliphatic rings. The normalized spacial score (nSPS) is 12.9. The van der Waals surface area contributed by atoms with Crippen molar-refractivity contribution < 1.29 is 0 Å².